The largest absolute Gasteiger partial charge is 0.481 e. The number of sulfonamides is 1. The molecule has 1 aliphatic carbocycles. The molecule has 1 N–H and O–H groups in total. The van der Waals surface area contributed by atoms with E-state index in [2.05, 4.69) is 0 Å². The Bertz CT molecular complexity index is 360. The van der Waals surface area contributed by atoms with Gasteiger partial charge in [0.05, 0.1) is 12.2 Å². The molecule has 0 bridgehead atoms. The second kappa shape index (κ2) is 3.75. The van der Waals surface area contributed by atoms with Crippen molar-refractivity contribution in [3.63, 3.8) is 0 Å². The fraction of sp³-hybridized carbons (Fsp3) is 0.889. The van der Waals surface area contributed by atoms with Crippen molar-refractivity contribution in [2.24, 2.45) is 5.92 Å². The molecule has 15 heavy (non-hydrogen) atoms. The van der Waals surface area contributed by atoms with Gasteiger partial charge in [-0.05, 0) is 25.2 Å². The SMILES string of the molecule is O=C(O)CC(C1CC1)N1CCCS1(=O)=O. The van der Waals surface area contributed by atoms with Gasteiger partial charge in [-0.2, -0.15) is 4.31 Å². The minimum Gasteiger partial charge on any atom is -0.481 e. The molecule has 1 heterocycles. The van der Waals surface area contributed by atoms with Crippen molar-refractivity contribution in [1.82, 2.24) is 4.31 Å². The van der Waals surface area contributed by atoms with Gasteiger partial charge in [-0.3, -0.25) is 4.79 Å². The Morgan fingerprint density at radius 3 is 2.53 bits per heavy atom. The number of nitrogens with zero attached hydrogens (tertiary/aromatic N) is 1. The number of rotatable bonds is 4. The Labute approximate surface area is 89.1 Å². The van der Waals surface area contributed by atoms with Crippen LogP contribution in [-0.4, -0.2) is 42.1 Å². The lowest BCUT2D eigenvalue weighted by Crippen LogP contribution is -2.39. The van der Waals surface area contributed by atoms with Crippen LogP contribution in [0.4, 0.5) is 0 Å². The second-order valence-electron chi connectivity index (χ2n) is 4.28. The summed E-state index contributed by atoms with van der Waals surface area (Å²) < 4.78 is 24.7. The maximum atomic E-state index is 11.6. The van der Waals surface area contributed by atoms with E-state index in [9.17, 15) is 13.2 Å². The predicted molar refractivity (Wildman–Crippen MR) is 53.9 cm³/mol. The van der Waals surface area contributed by atoms with Gasteiger partial charge in [0, 0.05) is 12.6 Å². The van der Waals surface area contributed by atoms with E-state index in [1.807, 2.05) is 0 Å². The molecule has 1 aliphatic heterocycles. The van der Waals surface area contributed by atoms with E-state index in [0.29, 0.717) is 13.0 Å². The molecule has 86 valence electrons. The number of hydrogen-bond acceptors (Lipinski definition) is 3. The highest BCUT2D eigenvalue weighted by atomic mass is 32.2. The lowest BCUT2D eigenvalue weighted by molar-refractivity contribution is -0.138. The summed E-state index contributed by atoms with van der Waals surface area (Å²) in [4.78, 5) is 10.7. The first-order valence-electron chi connectivity index (χ1n) is 5.22. The first-order valence-corrected chi connectivity index (χ1v) is 6.83. The predicted octanol–water partition coefficient (Wildman–Crippen LogP) is 0.275. The van der Waals surface area contributed by atoms with Crippen LogP contribution >= 0.6 is 0 Å². The van der Waals surface area contributed by atoms with E-state index < -0.39 is 16.0 Å². The third-order valence-corrected chi connectivity index (χ3v) is 5.03. The van der Waals surface area contributed by atoms with Gasteiger partial charge in [-0.25, -0.2) is 8.42 Å². The summed E-state index contributed by atoms with van der Waals surface area (Å²) in [6, 6.07) is -0.296. The molecule has 0 aromatic carbocycles. The zero-order valence-electron chi connectivity index (χ0n) is 8.42. The average molecular weight is 233 g/mol. The second-order valence-corrected chi connectivity index (χ2v) is 6.32. The Morgan fingerprint density at radius 2 is 2.13 bits per heavy atom. The number of hydrogen-bond donors (Lipinski definition) is 1. The van der Waals surface area contributed by atoms with E-state index in [4.69, 9.17) is 5.11 Å². The average Bonchev–Trinajstić information content (AvgIpc) is 2.87. The summed E-state index contributed by atoms with van der Waals surface area (Å²) in [6.07, 6.45) is 2.50. The maximum Gasteiger partial charge on any atom is 0.304 e. The van der Waals surface area contributed by atoms with Crippen molar-refractivity contribution in [3.05, 3.63) is 0 Å². The lowest BCUT2D eigenvalue weighted by Gasteiger charge is -2.24. The molecule has 2 rings (SSSR count). The van der Waals surface area contributed by atoms with Crippen molar-refractivity contribution < 1.29 is 18.3 Å². The Kier molecular flexibility index (Phi) is 2.72. The summed E-state index contributed by atoms with van der Waals surface area (Å²) in [5.74, 6) is -0.460. The molecule has 6 heteroatoms. The normalized spacial score (nSPS) is 27.7. The number of aliphatic carboxylic acids is 1. The summed E-state index contributed by atoms with van der Waals surface area (Å²) in [6.45, 7) is 0.497. The fourth-order valence-corrected chi connectivity index (χ4v) is 3.99. The van der Waals surface area contributed by atoms with Crippen molar-refractivity contribution in [1.29, 1.82) is 0 Å². The Morgan fingerprint density at radius 1 is 1.47 bits per heavy atom. The van der Waals surface area contributed by atoms with Crippen LogP contribution in [0.25, 0.3) is 0 Å². The maximum absolute atomic E-state index is 11.6. The van der Waals surface area contributed by atoms with Crippen LogP contribution < -0.4 is 0 Å². The minimum atomic E-state index is -3.17. The standard InChI is InChI=1S/C9H15NO4S/c11-9(12)6-8(7-2-3-7)10-4-1-5-15(10,13)14/h7-8H,1-6H2,(H,11,12). The fourth-order valence-electron chi connectivity index (χ4n) is 2.19. The topological polar surface area (TPSA) is 74.7 Å². The minimum absolute atomic E-state index is 0.0517. The van der Waals surface area contributed by atoms with Crippen molar-refractivity contribution in [2.75, 3.05) is 12.3 Å². The molecule has 0 aromatic rings. The van der Waals surface area contributed by atoms with E-state index in [1.165, 1.54) is 4.31 Å². The zero-order valence-corrected chi connectivity index (χ0v) is 9.24. The molecule has 1 saturated heterocycles. The van der Waals surface area contributed by atoms with Gasteiger partial charge in [0.25, 0.3) is 0 Å². The molecule has 1 atom stereocenters. The highest BCUT2D eigenvalue weighted by Crippen LogP contribution is 2.39. The summed E-state index contributed by atoms with van der Waals surface area (Å²) in [7, 11) is -3.17. The molecule has 1 saturated carbocycles. The number of carboxylic acids is 1. The van der Waals surface area contributed by atoms with Crippen LogP contribution in [0.2, 0.25) is 0 Å². The molecule has 0 radical (unpaired) electrons. The lowest BCUT2D eigenvalue weighted by atomic mass is 10.1. The van der Waals surface area contributed by atoms with Crippen LogP contribution in [0, 0.1) is 5.92 Å². The van der Waals surface area contributed by atoms with E-state index in [-0.39, 0.29) is 24.1 Å². The monoisotopic (exact) mass is 233 g/mol. The quantitative estimate of drug-likeness (QED) is 0.756. The molecule has 1 unspecified atom stereocenters. The third-order valence-electron chi connectivity index (χ3n) is 3.06. The molecule has 0 amide bonds. The van der Waals surface area contributed by atoms with E-state index >= 15 is 0 Å². The first kappa shape index (κ1) is 10.9. The number of carbonyl (C=O) groups is 1. The molecular weight excluding hydrogens is 218 g/mol. The first-order chi connectivity index (χ1) is 7.00. The van der Waals surface area contributed by atoms with Crippen LogP contribution in [0.3, 0.4) is 0 Å². The van der Waals surface area contributed by atoms with Crippen LogP contribution in [0.15, 0.2) is 0 Å². The molecular formula is C9H15NO4S. The summed E-state index contributed by atoms with van der Waals surface area (Å²) >= 11 is 0. The van der Waals surface area contributed by atoms with Gasteiger partial charge >= 0.3 is 5.97 Å². The van der Waals surface area contributed by atoms with Gasteiger partial charge in [-0.1, -0.05) is 0 Å². The Hall–Kier alpha value is -0.620. The van der Waals surface area contributed by atoms with Gasteiger partial charge in [-0.15, -0.1) is 0 Å². The van der Waals surface area contributed by atoms with Gasteiger partial charge < -0.3 is 5.11 Å². The molecule has 0 spiro atoms. The van der Waals surface area contributed by atoms with Gasteiger partial charge in [0.15, 0.2) is 0 Å². The molecule has 5 nitrogen and oxygen atoms in total. The van der Waals surface area contributed by atoms with Crippen LogP contribution in [-0.2, 0) is 14.8 Å². The highest BCUT2D eigenvalue weighted by Gasteiger charge is 2.43. The van der Waals surface area contributed by atoms with Crippen molar-refractivity contribution in [3.8, 4) is 0 Å². The van der Waals surface area contributed by atoms with E-state index in [0.717, 1.165) is 12.8 Å². The summed E-state index contributed by atoms with van der Waals surface area (Å²) in [5, 5.41) is 8.77. The van der Waals surface area contributed by atoms with Crippen molar-refractivity contribution >= 4 is 16.0 Å². The Balaban J connectivity index is 2.13. The zero-order chi connectivity index (χ0) is 11.1. The van der Waals surface area contributed by atoms with Gasteiger partial charge in [0.2, 0.25) is 10.0 Å². The molecule has 2 fully saturated rings. The van der Waals surface area contributed by atoms with Crippen LogP contribution in [0.5, 0.6) is 0 Å². The highest BCUT2D eigenvalue weighted by molar-refractivity contribution is 7.89. The van der Waals surface area contributed by atoms with Gasteiger partial charge in [0.1, 0.15) is 0 Å². The molecule has 2 aliphatic rings. The summed E-state index contributed by atoms with van der Waals surface area (Å²) in [5.41, 5.74) is 0. The third kappa shape index (κ3) is 2.31. The molecule has 0 aromatic heterocycles. The smallest absolute Gasteiger partial charge is 0.304 e. The van der Waals surface area contributed by atoms with E-state index in [1.54, 1.807) is 0 Å². The number of carboxylic acid groups (broad SMARTS) is 1. The van der Waals surface area contributed by atoms with Crippen molar-refractivity contribution in [2.45, 2.75) is 31.7 Å². The van der Waals surface area contributed by atoms with Crippen LogP contribution in [0.1, 0.15) is 25.7 Å².